The van der Waals surface area contributed by atoms with Crippen LogP contribution in [0.2, 0.25) is 0 Å². The Morgan fingerprint density at radius 2 is 1.76 bits per heavy atom. The molecule has 12 heteroatoms. The number of anilines is 1. The van der Waals surface area contributed by atoms with E-state index in [0.717, 1.165) is 31.2 Å². The Hall–Kier alpha value is -2.73. The van der Waals surface area contributed by atoms with Crippen molar-refractivity contribution < 1.29 is 30.8 Å². The van der Waals surface area contributed by atoms with Crippen LogP contribution in [0.15, 0.2) is 30.3 Å². The van der Waals surface area contributed by atoms with Gasteiger partial charge in [0.2, 0.25) is 15.9 Å². The van der Waals surface area contributed by atoms with E-state index in [1.807, 2.05) is 0 Å². The maximum atomic E-state index is 14.2. The number of aromatic nitrogens is 1. The third-order valence-corrected chi connectivity index (χ3v) is 5.80. The average molecular weight is 489 g/mol. The van der Waals surface area contributed by atoms with Gasteiger partial charge in [-0.25, -0.2) is 22.5 Å². The molecule has 1 fully saturated rings. The molecule has 1 aliphatic heterocycles. The van der Waals surface area contributed by atoms with Crippen molar-refractivity contribution in [2.75, 3.05) is 24.2 Å². The molecule has 3 rings (SSSR count). The number of sulfonamides is 1. The lowest BCUT2D eigenvalue weighted by molar-refractivity contribution is -0.141. The lowest BCUT2D eigenvalue weighted by Crippen LogP contribution is -2.28. The highest BCUT2D eigenvalue weighted by Gasteiger charge is 2.34. The SMILES string of the molecule is CS(=O)(=O)NCc1ccc(CC(=O)NCc2ccc(C(F)(F)F)nc2N2CCCC2)cc1F. The highest BCUT2D eigenvalue weighted by Crippen LogP contribution is 2.31. The van der Waals surface area contributed by atoms with Crippen LogP contribution in [0.3, 0.4) is 0 Å². The van der Waals surface area contributed by atoms with Crippen molar-refractivity contribution in [2.45, 2.75) is 38.5 Å². The quantitative estimate of drug-likeness (QED) is 0.558. The molecule has 2 heterocycles. The van der Waals surface area contributed by atoms with Crippen molar-refractivity contribution in [1.29, 1.82) is 0 Å². The van der Waals surface area contributed by atoms with E-state index in [1.54, 1.807) is 4.90 Å². The van der Waals surface area contributed by atoms with Gasteiger partial charge in [0.1, 0.15) is 17.3 Å². The maximum absolute atomic E-state index is 14.2. The Morgan fingerprint density at radius 3 is 2.36 bits per heavy atom. The Labute approximate surface area is 189 Å². The first kappa shape index (κ1) is 24.9. The van der Waals surface area contributed by atoms with Gasteiger partial charge in [0, 0.05) is 37.3 Å². The molecule has 2 aromatic rings. The molecule has 0 bridgehead atoms. The maximum Gasteiger partial charge on any atom is 0.433 e. The molecule has 0 radical (unpaired) electrons. The molecule has 1 aliphatic rings. The van der Waals surface area contributed by atoms with Crippen LogP contribution in [-0.4, -0.2) is 38.7 Å². The number of hydrogen-bond donors (Lipinski definition) is 2. The normalized spacial score (nSPS) is 14.5. The molecule has 1 aromatic heterocycles. The minimum Gasteiger partial charge on any atom is -0.356 e. The monoisotopic (exact) mass is 488 g/mol. The minimum absolute atomic E-state index is 0.0192. The number of carbonyl (C=O) groups excluding carboxylic acids is 1. The molecule has 0 spiro atoms. The lowest BCUT2D eigenvalue weighted by Gasteiger charge is -2.21. The summed E-state index contributed by atoms with van der Waals surface area (Å²) in [5.41, 5.74) is -0.0129. The van der Waals surface area contributed by atoms with Crippen LogP contribution in [0.5, 0.6) is 0 Å². The van der Waals surface area contributed by atoms with Gasteiger partial charge in [-0.1, -0.05) is 18.2 Å². The van der Waals surface area contributed by atoms with E-state index >= 15 is 0 Å². The van der Waals surface area contributed by atoms with E-state index in [1.165, 1.54) is 18.2 Å². The lowest BCUT2D eigenvalue weighted by atomic mass is 10.1. The van der Waals surface area contributed by atoms with Gasteiger partial charge in [-0.15, -0.1) is 0 Å². The van der Waals surface area contributed by atoms with Gasteiger partial charge in [0.15, 0.2) is 0 Å². The van der Waals surface area contributed by atoms with E-state index in [9.17, 15) is 30.8 Å². The number of benzene rings is 1. The van der Waals surface area contributed by atoms with Crippen molar-refractivity contribution >= 4 is 21.7 Å². The molecular formula is C21H24F4N4O3S. The summed E-state index contributed by atoms with van der Waals surface area (Å²) in [6, 6.07) is 6.25. The standard InChI is InChI=1S/C21H24F4N4O3S/c1-33(31,32)27-13-15-5-4-14(10-17(15)22)11-19(30)26-12-16-6-7-18(21(23,24)25)28-20(16)29-8-2-3-9-29/h4-7,10,27H,2-3,8-9,11-13H2,1H3,(H,26,30). The smallest absolute Gasteiger partial charge is 0.356 e. The van der Waals surface area contributed by atoms with Crippen LogP contribution >= 0.6 is 0 Å². The largest absolute Gasteiger partial charge is 0.433 e. The zero-order valence-corrected chi connectivity index (χ0v) is 18.7. The zero-order chi connectivity index (χ0) is 24.2. The Kier molecular flexibility index (Phi) is 7.58. The number of nitrogens with zero attached hydrogens (tertiary/aromatic N) is 2. The van der Waals surface area contributed by atoms with Crippen molar-refractivity contribution in [3.8, 4) is 0 Å². The van der Waals surface area contributed by atoms with Gasteiger partial charge in [-0.05, 0) is 30.5 Å². The van der Waals surface area contributed by atoms with Crippen LogP contribution in [0.4, 0.5) is 23.4 Å². The molecule has 0 saturated carbocycles. The summed E-state index contributed by atoms with van der Waals surface area (Å²) in [7, 11) is -3.47. The number of alkyl halides is 3. The molecule has 0 unspecified atom stereocenters. The predicted octanol–water partition coefficient (Wildman–Crippen LogP) is 2.75. The van der Waals surface area contributed by atoms with Crippen LogP contribution in [0, 0.1) is 5.82 Å². The van der Waals surface area contributed by atoms with E-state index in [4.69, 9.17) is 0 Å². The fourth-order valence-electron chi connectivity index (χ4n) is 3.47. The van der Waals surface area contributed by atoms with Crippen molar-refractivity contribution in [3.63, 3.8) is 0 Å². The van der Waals surface area contributed by atoms with E-state index in [2.05, 4.69) is 15.0 Å². The number of nitrogens with one attached hydrogen (secondary N) is 2. The van der Waals surface area contributed by atoms with E-state index < -0.39 is 33.6 Å². The first-order chi connectivity index (χ1) is 15.4. The first-order valence-electron chi connectivity index (χ1n) is 10.2. The summed E-state index contributed by atoms with van der Waals surface area (Å²) in [4.78, 5) is 17.9. The molecule has 2 N–H and O–H groups in total. The molecule has 33 heavy (non-hydrogen) atoms. The molecule has 180 valence electrons. The Morgan fingerprint density at radius 1 is 1.09 bits per heavy atom. The topological polar surface area (TPSA) is 91.4 Å². The van der Waals surface area contributed by atoms with Gasteiger partial charge < -0.3 is 10.2 Å². The second-order valence-corrected chi connectivity index (χ2v) is 9.68. The predicted molar refractivity (Wildman–Crippen MR) is 114 cm³/mol. The Balaban J connectivity index is 1.65. The van der Waals surface area contributed by atoms with E-state index in [-0.39, 0.29) is 30.9 Å². The fourth-order valence-corrected chi connectivity index (χ4v) is 3.89. The van der Waals surface area contributed by atoms with Crippen LogP contribution in [0.25, 0.3) is 0 Å². The number of pyridine rings is 1. The van der Waals surface area contributed by atoms with Gasteiger partial charge in [-0.3, -0.25) is 4.79 Å². The third-order valence-electron chi connectivity index (χ3n) is 5.13. The molecule has 7 nitrogen and oxygen atoms in total. The first-order valence-corrected chi connectivity index (χ1v) is 12.1. The molecule has 1 amide bonds. The van der Waals surface area contributed by atoms with Gasteiger partial charge in [0.05, 0.1) is 12.7 Å². The highest BCUT2D eigenvalue weighted by atomic mass is 32.2. The zero-order valence-electron chi connectivity index (χ0n) is 17.9. The summed E-state index contributed by atoms with van der Waals surface area (Å²) in [6.07, 6.45) is -2.05. The molecular weight excluding hydrogens is 464 g/mol. The van der Waals surface area contributed by atoms with Gasteiger partial charge in [-0.2, -0.15) is 13.2 Å². The third kappa shape index (κ3) is 7.13. The average Bonchev–Trinajstić information content (AvgIpc) is 3.25. The highest BCUT2D eigenvalue weighted by molar-refractivity contribution is 7.88. The van der Waals surface area contributed by atoms with E-state index in [0.29, 0.717) is 24.2 Å². The summed E-state index contributed by atoms with van der Waals surface area (Å²) in [6.45, 7) is 0.954. The number of amides is 1. The van der Waals surface area contributed by atoms with Crippen molar-refractivity contribution in [1.82, 2.24) is 15.0 Å². The molecule has 0 atom stereocenters. The number of hydrogen-bond acceptors (Lipinski definition) is 5. The van der Waals surface area contributed by atoms with Crippen LogP contribution in [-0.2, 0) is 40.5 Å². The van der Waals surface area contributed by atoms with Crippen LogP contribution in [0.1, 0.15) is 35.2 Å². The Bertz CT molecular complexity index is 1120. The summed E-state index contributed by atoms with van der Waals surface area (Å²) >= 11 is 0. The van der Waals surface area contributed by atoms with Gasteiger partial charge in [0.25, 0.3) is 0 Å². The van der Waals surface area contributed by atoms with Crippen LogP contribution < -0.4 is 14.9 Å². The summed E-state index contributed by atoms with van der Waals surface area (Å²) in [5, 5.41) is 2.65. The summed E-state index contributed by atoms with van der Waals surface area (Å²) in [5.74, 6) is -0.889. The number of halogens is 4. The van der Waals surface area contributed by atoms with Crippen molar-refractivity contribution in [2.24, 2.45) is 0 Å². The molecule has 0 aliphatic carbocycles. The minimum atomic E-state index is -4.57. The number of carbonyl (C=O) groups is 1. The second-order valence-electron chi connectivity index (χ2n) is 7.84. The number of rotatable bonds is 8. The summed E-state index contributed by atoms with van der Waals surface area (Å²) < 4.78 is 78.0. The molecule has 1 saturated heterocycles. The second kappa shape index (κ2) is 10.0. The van der Waals surface area contributed by atoms with Gasteiger partial charge >= 0.3 is 6.18 Å². The fraction of sp³-hybridized carbons (Fsp3) is 0.429. The molecule has 1 aromatic carbocycles. The van der Waals surface area contributed by atoms with Crippen molar-refractivity contribution in [3.05, 3.63) is 58.5 Å².